The Bertz CT molecular complexity index is 700. The summed E-state index contributed by atoms with van der Waals surface area (Å²) in [7, 11) is 1.65. The Morgan fingerprint density at radius 2 is 2.26 bits per heavy atom. The first-order chi connectivity index (χ1) is 8.99. The lowest BCUT2D eigenvalue weighted by Gasteiger charge is -2.12. The van der Waals surface area contributed by atoms with Crippen molar-refractivity contribution in [3.05, 3.63) is 28.3 Å². The molecule has 6 nitrogen and oxygen atoms in total. The summed E-state index contributed by atoms with van der Waals surface area (Å²) in [5.41, 5.74) is 7.16. The molecule has 0 aliphatic heterocycles. The van der Waals surface area contributed by atoms with Gasteiger partial charge in [-0.3, -0.25) is 0 Å². The molecule has 0 aliphatic carbocycles. The minimum atomic E-state index is -1.13. The summed E-state index contributed by atoms with van der Waals surface area (Å²) in [6.45, 7) is 0. The Hall–Kier alpha value is -2.34. The van der Waals surface area contributed by atoms with Gasteiger partial charge in [0.05, 0.1) is 21.8 Å². The van der Waals surface area contributed by atoms with Crippen molar-refractivity contribution in [3.63, 3.8) is 0 Å². The molecule has 0 fully saturated rings. The smallest absolute Gasteiger partial charge is 0.337 e. The van der Waals surface area contributed by atoms with Crippen molar-refractivity contribution >= 4 is 46.2 Å². The number of aromatic nitrogens is 1. The predicted octanol–water partition coefficient (Wildman–Crippen LogP) is 2.21. The molecule has 0 amide bonds. The highest BCUT2D eigenvalue weighted by molar-refractivity contribution is 6.34. The van der Waals surface area contributed by atoms with Crippen molar-refractivity contribution in [2.24, 2.45) is 0 Å². The number of nitrogen functional groups attached to an aromatic ring is 1. The lowest BCUT2D eigenvalue weighted by Crippen LogP contribution is -2.05. The largest absolute Gasteiger partial charge is 0.478 e. The van der Waals surface area contributed by atoms with Crippen LogP contribution in [-0.2, 0) is 0 Å². The fourth-order valence-corrected chi connectivity index (χ4v) is 2.14. The van der Waals surface area contributed by atoms with Crippen LogP contribution in [-0.4, -0.2) is 29.3 Å². The van der Waals surface area contributed by atoms with Gasteiger partial charge in [0.1, 0.15) is 5.82 Å². The third-order valence-electron chi connectivity index (χ3n) is 2.77. The lowest BCUT2D eigenvalue weighted by molar-refractivity contribution is 0.0697. The Kier molecular flexibility index (Phi) is 3.26. The van der Waals surface area contributed by atoms with Crippen LogP contribution in [0, 0.1) is 5.41 Å². The Morgan fingerprint density at radius 3 is 2.79 bits per heavy atom. The number of nitrogens with one attached hydrogen (secondary N) is 2. The van der Waals surface area contributed by atoms with E-state index in [0.29, 0.717) is 22.2 Å². The zero-order chi connectivity index (χ0) is 14.2. The van der Waals surface area contributed by atoms with Crippen molar-refractivity contribution in [1.29, 1.82) is 5.41 Å². The van der Waals surface area contributed by atoms with E-state index in [2.05, 4.69) is 10.3 Å². The molecule has 0 radical (unpaired) electrons. The van der Waals surface area contributed by atoms with Gasteiger partial charge in [-0.05, 0) is 12.1 Å². The average molecular weight is 279 g/mol. The van der Waals surface area contributed by atoms with Crippen LogP contribution >= 0.6 is 11.6 Å². The Balaban J connectivity index is 2.93. The van der Waals surface area contributed by atoms with E-state index in [1.54, 1.807) is 7.05 Å². The van der Waals surface area contributed by atoms with Crippen molar-refractivity contribution in [3.8, 4) is 0 Å². The van der Waals surface area contributed by atoms with Gasteiger partial charge in [-0.15, -0.1) is 0 Å². The van der Waals surface area contributed by atoms with Crippen molar-refractivity contribution < 1.29 is 9.90 Å². The molecule has 5 N–H and O–H groups in total. The number of carboxylic acids is 1. The van der Waals surface area contributed by atoms with E-state index in [1.807, 2.05) is 0 Å². The van der Waals surface area contributed by atoms with Crippen LogP contribution in [0.3, 0.4) is 0 Å². The number of nitrogens with zero attached hydrogens (tertiary/aromatic N) is 1. The van der Waals surface area contributed by atoms with Gasteiger partial charge >= 0.3 is 5.97 Å². The fourth-order valence-electron chi connectivity index (χ4n) is 1.91. The van der Waals surface area contributed by atoms with E-state index in [-0.39, 0.29) is 16.4 Å². The third kappa shape index (κ3) is 2.06. The summed E-state index contributed by atoms with van der Waals surface area (Å²) in [4.78, 5) is 15.2. The van der Waals surface area contributed by atoms with Gasteiger partial charge in [0.25, 0.3) is 0 Å². The van der Waals surface area contributed by atoms with Crippen LogP contribution in [0.1, 0.15) is 15.9 Å². The first kappa shape index (κ1) is 13.1. The molecular weight excluding hydrogens is 268 g/mol. The number of hydrogen-bond acceptors (Lipinski definition) is 5. The molecule has 0 unspecified atom stereocenters. The number of rotatable bonds is 3. The molecular formula is C12H11ClN4O2. The highest BCUT2D eigenvalue weighted by Crippen LogP contribution is 2.31. The second-order valence-corrected chi connectivity index (χ2v) is 4.24. The Labute approximate surface area is 113 Å². The Morgan fingerprint density at radius 1 is 1.58 bits per heavy atom. The maximum Gasteiger partial charge on any atom is 0.337 e. The first-order valence-corrected chi connectivity index (χ1v) is 5.71. The number of hydrogen-bond donors (Lipinski definition) is 4. The molecule has 1 heterocycles. The number of pyridine rings is 1. The number of anilines is 2. The summed E-state index contributed by atoms with van der Waals surface area (Å²) < 4.78 is 0. The van der Waals surface area contributed by atoms with E-state index in [1.165, 1.54) is 12.1 Å². The van der Waals surface area contributed by atoms with Crippen LogP contribution in [0.25, 0.3) is 10.9 Å². The number of carbonyl (C=O) groups is 1. The molecule has 1 aromatic carbocycles. The minimum Gasteiger partial charge on any atom is -0.478 e. The van der Waals surface area contributed by atoms with Gasteiger partial charge < -0.3 is 21.6 Å². The van der Waals surface area contributed by atoms with Gasteiger partial charge in [-0.2, -0.15) is 0 Å². The molecule has 0 saturated heterocycles. The number of nitrogens with two attached hydrogens (primary N) is 1. The van der Waals surface area contributed by atoms with Crippen molar-refractivity contribution in [1.82, 2.24) is 4.98 Å². The van der Waals surface area contributed by atoms with Gasteiger partial charge in [0.2, 0.25) is 0 Å². The summed E-state index contributed by atoms with van der Waals surface area (Å²) >= 11 is 5.89. The third-order valence-corrected chi connectivity index (χ3v) is 3.08. The zero-order valence-electron chi connectivity index (χ0n) is 9.99. The summed E-state index contributed by atoms with van der Waals surface area (Å²) in [5.74, 6) is -0.904. The van der Waals surface area contributed by atoms with Crippen LogP contribution in [0.5, 0.6) is 0 Å². The highest BCUT2D eigenvalue weighted by atomic mass is 35.5. The van der Waals surface area contributed by atoms with Crippen LogP contribution in [0.15, 0.2) is 12.1 Å². The van der Waals surface area contributed by atoms with E-state index in [0.717, 1.165) is 6.21 Å². The van der Waals surface area contributed by atoms with Crippen molar-refractivity contribution in [2.45, 2.75) is 0 Å². The average Bonchev–Trinajstić information content (AvgIpc) is 2.35. The number of halogens is 1. The van der Waals surface area contributed by atoms with Crippen molar-refractivity contribution in [2.75, 3.05) is 18.1 Å². The number of benzene rings is 1. The standard InChI is InChI=1S/C12H11ClN4O2/c1-16-10-7(4-14)5-2-6(12(18)19)8(13)3-9(5)17-11(10)15/h2-4,14,16H,1H3,(H2,15,17)(H,18,19). The van der Waals surface area contributed by atoms with Gasteiger partial charge in [-0.1, -0.05) is 11.6 Å². The van der Waals surface area contributed by atoms with E-state index >= 15 is 0 Å². The normalized spacial score (nSPS) is 10.4. The quantitative estimate of drug-likeness (QED) is 0.643. The highest BCUT2D eigenvalue weighted by Gasteiger charge is 2.16. The maximum absolute atomic E-state index is 11.1. The molecule has 0 bridgehead atoms. The molecule has 19 heavy (non-hydrogen) atoms. The molecule has 2 rings (SSSR count). The van der Waals surface area contributed by atoms with Gasteiger partial charge in [0.15, 0.2) is 0 Å². The maximum atomic E-state index is 11.1. The molecule has 0 atom stereocenters. The molecule has 98 valence electrons. The topological polar surface area (TPSA) is 112 Å². The van der Waals surface area contributed by atoms with Gasteiger partial charge in [-0.25, -0.2) is 9.78 Å². The molecule has 7 heteroatoms. The molecule has 1 aromatic heterocycles. The van der Waals surface area contributed by atoms with Crippen LogP contribution in [0.4, 0.5) is 11.5 Å². The SMILES string of the molecule is CNc1c(N)nc2cc(Cl)c(C(=O)O)cc2c1C=N. The molecule has 0 saturated carbocycles. The monoisotopic (exact) mass is 278 g/mol. The zero-order valence-corrected chi connectivity index (χ0v) is 10.7. The summed E-state index contributed by atoms with van der Waals surface area (Å²) in [6.07, 6.45) is 1.10. The van der Waals surface area contributed by atoms with E-state index < -0.39 is 5.97 Å². The first-order valence-electron chi connectivity index (χ1n) is 5.33. The van der Waals surface area contributed by atoms with Crippen LogP contribution < -0.4 is 11.1 Å². The van der Waals surface area contributed by atoms with E-state index in [4.69, 9.17) is 27.9 Å². The molecule has 2 aromatic rings. The van der Waals surface area contributed by atoms with Gasteiger partial charge in [0, 0.05) is 24.2 Å². The summed E-state index contributed by atoms with van der Waals surface area (Å²) in [6, 6.07) is 2.83. The minimum absolute atomic E-state index is 0.0362. The second-order valence-electron chi connectivity index (χ2n) is 3.83. The predicted molar refractivity (Wildman–Crippen MR) is 75.6 cm³/mol. The second kappa shape index (κ2) is 4.74. The molecule has 0 aliphatic rings. The van der Waals surface area contributed by atoms with E-state index in [9.17, 15) is 4.79 Å². The number of fused-ring (bicyclic) bond motifs is 1. The lowest BCUT2D eigenvalue weighted by atomic mass is 10.0. The van der Waals surface area contributed by atoms with Crippen LogP contribution in [0.2, 0.25) is 5.02 Å². The fraction of sp³-hybridized carbons (Fsp3) is 0.0833. The molecule has 0 spiro atoms. The number of carboxylic acid groups (broad SMARTS) is 1. The summed E-state index contributed by atoms with van der Waals surface area (Å²) in [5, 5.41) is 20.0. The number of aromatic carboxylic acids is 1.